The molecule has 5 nitrogen and oxygen atoms in total. The zero-order valence-electron chi connectivity index (χ0n) is 12.4. The summed E-state index contributed by atoms with van der Waals surface area (Å²) in [5.74, 6) is 0.355. The minimum atomic E-state index is -0.124. The highest BCUT2D eigenvalue weighted by Crippen LogP contribution is 2.27. The molecule has 2 aliphatic heterocycles. The van der Waals surface area contributed by atoms with Gasteiger partial charge in [0.25, 0.3) is 0 Å². The van der Waals surface area contributed by atoms with Crippen LogP contribution >= 0.6 is 11.6 Å². The van der Waals surface area contributed by atoms with Crippen molar-refractivity contribution in [2.75, 3.05) is 32.7 Å². The summed E-state index contributed by atoms with van der Waals surface area (Å²) in [5, 5.41) is 3.44. The fourth-order valence-electron chi connectivity index (χ4n) is 2.92. The molecule has 1 aromatic carbocycles. The Morgan fingerprint density at radius 3 is 2.36 bits per heavy atom. The smallest absolute Gasteiger partial charge is 0.317 e. The Balaban J connectivity index is 1.41. The summed E-state index contributed by atoms with van der Waals surface area (Å²) in [4.78, 5) is 27.4. The molecule has 1 aromatic rings. The lowest BCUT2D eigenvalue weighted by atomic mass is 9.91. The zero-order chi connectivity index (χ0) is 15.5. The van der Waals surface area contributed by atoms with Crippen molar-refractivity contribution in [2.45, 2.75) is 18.8 Å². The molecule has 0 radical (unpaired) electrons. The number of carbonyl (C=O) groups excluding carboxylic acids is 2. The zero-order valence-corrected chi connectivity index (χ0v) is 13.2. The number of likely N-dealkylation sites (tertiary alicyclic amines) is 2. The van der Waals surface area contributed by atoms with Crippen molar-refractivity contribution in [2.24, 2.45) is 0 Å². The lowest BCUT2D eigenvalue weighted by Gasteiger charge is -2.39. The van der Waals surface area contributed by atoms with Crippen molar-refractivity contribution in [3.05, 3.63) is 34.9 Å². The molecule has 22 heavy (non-hydrogen) atoms. The number of halogens is 1. The first kappa shape index (κ1) is 15.2. The molecule has 0 aromatic heterocycles. The molecule has 0 bridgehead atoms. The molecule has 2 fully saturated rings. The molecular formula is C16H20ClN3O2. The summed E-state index contributed by atoms with van der Waals surface area (Å²) in [6, 6.07) is 7.63. The van der Waals surface area contributed by atoms with Gasteiger partial charge in [-0.3, -0.25) is 4.79 Å². The quantitative estimate of drug-likeness (QED) is 0.926. The van der Waals surface area contributed by atoms with Gasteiger partial charge in [0.15, 0.2) is 0 Å². The van der Waals surface area contributed by atoms with Gasteiger partial charge in [-0.1, -0.05) is 23.7 Å². The molecule has 0 atom stereocenters. The third kappa shape index (κ3) is 3.35. The molecule has 0 unspecified atom stereocenters. The molecule has 6 heteroatoms. The predicted octanol–water partition coefficient (Wildman–Crippen LogP) is 2.07. The SMILES string of the molecule is O=C(CNC(=O)N1CCCC1)N1CC(c2ccc(Cl)cc2)C1. The van der Waals surface area contributed by atoms with E-state index in [9.17, 15) is 9.59 Å². The van der Waals surface area contributed by atoms with Crippen molar-refractivity contribution in [1.82, 2.24) is 15.1 Å². The van der Waals surface area contributed by atoms with Crippen molar-refractivity contribution in [1.29, 1.82) is 0 Å². The van der Waals surface area contributed by atoms with Gasteiger partial charge >= 0.3 is 6.03 Å². The van der Waals surface area contributed by atoms with Crippen molar-refractivity contribution < 1.29 is 9.59 Å². The second-order valence-electron chi connectivity index (χ2n) is 5.90. The van der Waals surface area contributed by atoms with Gasteiger partial charge in [0.2, 0.25) is 5.91 Å². The number of amides is 3. The van der Waals surface area contributed by atoms with Gasteiger partial charge in [0.1, 0.15) is 0 Å². The molecule has 3 rings (SSSR count). The maximum absolute atomic E-state index is 12.0. The Labute approximate surface area is 135 Å². The number of urea groups is 1. The summed E-state index contributed by atoms with van der Waals surface area (Å²) < 4.78 is 0. The maximum atomic E-state index is 12.0. The van der Waals surface area contributed by atoms with Crippen LogP contribution in [0.5, 0.6) is 0 Å². The van der Waals surface area contributed by atoms with Gasteiger partial charge in [0.05, 0.1) is 6.54 Å². The van der Waals surface area contributed by atoms with E-state index in [1.165, 1.54) is 5.56 Å². The van der Waals surface area contributed by atoms with Crippen LogP contribution in [0.3, 0.4) is 0 Å². The molecule has 2 saturated heterocycles. The van der Waals surface area contributed by atoms with Gasteiger partial charge in [-0.15, -0.1) is 0 Å². The molecule has 3 amide bonds. The second-order valence-corrected chi connectivity index (χ2v) is 6.34. The van der Waals surface area contributed by atoms with Crippen LogP contribution in [0.15, 0.2) is 24.3 Å². The van der Waals surface area contributed by atoms with Gasteiger partial charge in [-0.05, 0) is 30.5 Å². The van der Waals surface area contributed by atoms with Crippen molar-refractivity contribution >= 4 is 23.5 Å². The van der Waals surface area contributed by atoms with E-state index in [-0.39, 0.29) is 18.5 Å². The Kier molecular flexibility index (Phi) is 4.52. The average Bonchev–Trinajstić information content (AvgIpc) is 2.99. The van der Waals surface area contributed by atoms with E-state index in [1.54, 1.807) is 9.80 Å². The number of hydrogen-bond acceptors (Lipinski definition) is 2. The molecule has 0 aliphatic carbocycles. The standard InChI is InChI=1S/C16H20ClN3O2/c17-14-5-3-12(4-6-14)13-10-20(11-13)15(21)9-18-16(22)19-7-1-2-8-19/h3-6,13H,1-2,7-11H2,(H,18,22). The minimum Gasteiger partial charge on any atom is -0.340 e. The monoisotopic (exact) mass is 321 g/mol. The van der Waals surface area contributed by atoms with Crippen molar-refractivity contribution in [3.8, 4) is 0 Å². The molecule has 2 aliphatic rings. The summed E-state index contributed by atoms with van der Waals surface area (Å²) >= 11 is 5.87. The fourth-order valence-corrected chi connectivity index (χ4v) is 3.05. The summed E-state index contributed by atoms with van der Waals surface area (Å²) in [6.45, 7) is 3.09. The predicted molar refractivity (Wildman–Crippen MR) is 85.0 cm³/mol. The van der Waals surface area contributed by atoms with Crippen LogP contribution in [0.25, 0.3) is 0 Å². The fraction of sp³-hybridized carbons (Fsp3) is 0.500. The Hall–Kier alpha value is -1.75. The Morgan fingerprint density at radius 2 is 1.73 bits per heavy atom. The third-order valence-electron chi connectivity index (χ3n) is 4.36. The van der Waals surface area contributed by atoms with E-state index in [0.29, 0.717) is 19.0 Å². The van der Waals surface area contributed by atoms with Crippen LogP contribution in [0.1, 0.15) is 24.3 Å². The first-order valence-electron chi connectivity index (χ1n) is 7.69. The van der Waals surface area contributed by atoms with E-state index in [4.69, 9.17) is 11.6 Å². The number of carbonyl (C=O) groups is 2. The minimum absolute atomic E-state index is 0.0160. The van der Waals surface area contributed by atoms with E-state index in [0.717, 1.165) is 31.0 Å². The summed E-state index contributed by atoms with van der Waals surface area (Å²) in [7, 11) is 0. The second kappa shape index (κ2) is 6.57. The molecule has 0 saturated carbocycles. The van der Waals surface area contributed by atoms with Gasteiger partial charge in [-0.2, -0.15) is 0 Å². The normalized spacial score (nSPS) is 18.2. The topological polar surface area (TPSA) is 52.7 Å². The highest BCUT2D eigenvalue weighted by Gasteiger charge is 2.31. The maximum Gasteiger partial charge on any atom is 0.317 e. The number of nitrogens with one attached hydrogen (secondary N) is 1. The highest BCUT2D eigenvalue weighted by atomic mass is 35.5. The lowest BCUT2D eigenvalue weighted by Crippen LogP contribution is -2.52. The van der Waals surface area contributed by atoms with Crippen LogP contribution in [-0.2, 0) is 4.79 Å². The van der Waals surface area contributed by atoms with E-state index < -0.39 is 0 Å². The van der Waals surface area contributed by atoms with Gasteiger partial charge in [-0.25, -0.2) is 4.79 Å². The average molecular weight is 322 g/mol. The van der Waals surface area contributed by atoms with Crippen LogP contribution in [0.4, 0.5) is 4.79 Å². The Morgan fingerprint density at radius 1 is 1.09 bits per heavy atom. The number of nitrogens with zero attached hydrogens (tertiary/aromatic N) is 2. The molecule has 2 heterocycles. The lowest BCUT2D eigenvalue weighted by molar-refractivity contribution is -0.134. The first-order chi connectivity index (χ1) is 10.6. The highest BCUT2D eigenvalue weighted by molar-refractivity contribution is 6.30. The number of benzene rings is 1. The van der Waals surface area contributed by atoms with Gasteiger partial charge < -0.3 is 15.1 Å². The van der Waals surface area contributed by atoms with Crippen LogP contribution < -0.4 is 5.32 Å². The van der Waals surface area contributed by atoms with E-state index >= 15 is 0 Å². The van der Waals surface area contributed by atoms with E-state index in [2.05, 4.69) is 5.32 Å². The number of hydrogen-bond donors (Lipinski definition) is 1. The van der Waals surface area contributed by atoms with Crippen LogP contribution in [-0.4, -0.2) is 54.5 Å². The van der Waals surface area contributed by atoms with Gasteiger partial charge in [0, 0.05) is 37.1 Å². The van der Waals surface area contributed by atoms with Crippen molar-refractivity contribution in [3.63, 3.8) is 0 Å². The molecule has 0 spiro atoms. The number of rotatable bonds is 3. The molecular weight excluding hydrogens is 302 g/mol. The first-order valence-corrected chi connectivity index (χ1v) is 8.07. The van der Waals surface area contributed by atoms with E-state index in [1.807, 2.05) is 24.3 Å². The summed E-state index contributed by atoms with van der Waals surface area (Å²) in [6.07, 6.45) is 2.10. The Bertz CT molecular complexity index is 549. The van der Waals surface area contributed by atoms with Crippen LogP contribution in [0.2, 0.25) is 5.02 Å². The summed E-state index contributed by atoms with van der Waals surface area (Å²) in [5.41, 5.74) is 1.20. The molecule has 1 N–H and O–H groups in total. The third-order valence-corrected chi connectivity index (χ3v) is 4.61. The van der Waals surface area contributed by atoms with Crippen LogP contribution in [0, 0.1) is 0 Å². The molecule has 118 valence electrons. The largest absolute Gasteiger partial charge is 0.340 e.